The van der Waals surface area contributed by atoms with Gasteiger partial charge in [0.2, 0.25) is 5.91 Å². The molecule has 2 aliphatic rings. The Morgan fingerprint density at radius 1 is 1.14 bits per heavy atom. The van der Waals surface area contributed by atoms with Crippen LogP contribution in [-0.2, 0) is 17.8 Å². The minimum absolute atomic E-state index is 0.0194. The maximum atomic E-state index is 13.3. The van der Waals surface area contributed by atoms with Crippen LogP contribution >= 0.6 is 22.9 Å². The Morgan fingerprint density at radius 3 is 2.70 bits per heavy atom. The summed E-state index contributed by atoms with van der Waals surface area (Å²) in [6.07, 6.45) is 2.41. The van der Waals surface area contributed by atoms with Crippen LogP contribution in [0.4, 0.5) is 0 Å². The average Bonchev–Trinajstić information content (AvgIpc) is 3.48. The second kappa shape index (κ2) is 10.4. The summed E-state index contributed by atoms with van der Waals surface area (Å²) >= 11 is 7.45. The second-order valence-corrected chi connectivity index (χ2v) is 11.6. The van der Waals surface area contributed by atoms with E-state index in [1.165, 1.54) is 11.3 Å². The fourth-order valence-corrected chi connectivity index (χ4v) is 6.35. The molecule has 0 radical (unpaired) electrons. The third-order valence-corrected chi connectivity index (χ3v) is 8.41. The highest BCUT2D eigenvalue weighted by molar-refractivity contribution is 7.13. The number of aromatic nitrogens is 1. The van der Waals surface area contributed by atoms with Gasteiger partial charge in [-0.15, -0.1) is 11.3 Å². The van der Waals surface area contributed by atoms with Gasteiger partial charge in [-0.05, 0) is 44.5 Å². The van der Waals surface area contributed by atoms with Crippen LogP contribution in [0.5, 0.6) is 0 Å². The number of hydrogen-bond acceptors (Lipinski definition) is 7. The van der Waals surface area contributed by atoms with Gasteiger partial charge in [-0.2, -0.15) is 0 Å². The molecule has 5 rings (SSSR count). The van der Waals surface area contributed by atoms with Gasteiger partial charge in [0.15, 0.2) is 10.8 Å². The molecule has 3 heterocycles. The minimum atomic E-state index is -0.429. The van der Waals surface area contributed by atoms with Crippen molar-refractivity contribution in [2.24, 2.45) is 5.92 Å². The van der Waals surface area contributed by atoms with Gasteiger partial charge in [0.05, 0.1) is 11.7 Å². The molecule has 1 aliphatic heterocycles. The fourth-order valence-electron chi connectivity index (χ4n) is 5.10. The Morgan fingerprint density at radius 2 is 1.92 bits per heavy atom. The van der Waals surface area contributed by atoms with Crippen molar-refractivity contribution < 1.29 is 18.8 Å². The molecule has 1 fully saturated rings. The normalized spacial score (nSPS) is 21.9. The highest BCUT2D eigenvalue weighted by Crippen LogP contribution is 2.29. The van der Waals surface area contributed by atoms with Crippen molar-refractivity contribution in [3.05, 3.63) is 50.6 Å². The summed E-state index contributed by atoms with van der Waals surface area (Å²) in [6.45, 7) is 1.70. The topological polar surface area (TPSA) is 108 Å². The molecule has 3 atom stereocenters. The molecule has 3 amide bonds. The highest BCUT2D eigenvalue weighted by Gasteiger charge is 2.37. The van der Waals surface area contributed by atoms with Gasteiger partial charge < -0.3 is 24.9 Å². The van der Waals surface area contributed by atoms with Gasteiger partial charge in [0.25, 0.3) is 11.8 Å². The number of furan rings is 1. The lowest BCUT2D eigenvalue weighted by Crippen LogP contribution is -2.55. The van der Waals surface area contributed by atoms with Crippen LogP contribution in [0.25, 0.3) is 11.0 Å². The van der Waals surface area contributed by atoms with Gasteiger partial charge in [-0.25, -0.2) is 4.98 Å². The van der Waals surface area contributed by atoms with Crippen molar-refractivity contribution in [1.29, 1.82) is 0 Å². The predicted molar refractivity (Wildman–Crippen MR) is 142 cm³/mol. The number of hydrogen-bond donors (Lipinski definition) is 2. The van der Waals surface area contributed by atoms with E-state index >= 15 is 0 Å². The molecule has 2 N–H and O–H groups in total. The lowest BCUT2D eigenvalue weighted by atomic mass is 9.81. The van der Waals surface area contributed by atoms with Crippen LogP contribution in [0.2, 0.25) is 5.02 Å². The minimum Gasteiger partial charge on any atom is -0.451 e. The van der Waals surface area contributed by atoms with E-state index in [1.807, 2.05) is 0 Å². The summed E-state index contributed by atoms with van der Waals surface area (Å²) in [5.41, 5.74) is 1.51. The zero-order valence-corrected chi connectivity index (χ0v) is 22.6. The number of fused-ring (bicyclic) bond motifs is 2. The van der Waals surface area contributed by atoms with E-state index in [9.17, 15) is 14.4 Å². The first-order valence-corrected chi connectivity index (χ1v) is 13.6. The maximum absolute atomic E-state index is 13.3. The van der Waals surface area contributed by atoms with E-state index in [0.29, 0.717) is 34.9 Å². The van der Waals surface area contributed by atoms with Crippen molar-refractivity contribution in [2.75, 3.05) is 27.7 Å². The third-order valence-electron chi connectivity index (χ3n) is 7.10. The van der Waals surface area contributed by atoms with Gasteiger partial charge in [-0.1, -0.05) is 11.6 Å². The van der Waals surface area contributed by atoms with Gasteiger partial charge in [0, 0.05) is 66.9 Å². The van der Waals surface area contributed by atoms with Crippen molar-refractivity contribution >= 4 is 51.6 Å². The number of carbonyl (C=O) groups is 3. The molecule has 1 saturated carbocycles. The summed E-state index contributed by atoms with van der Waals surface area (Å²) in [6, 6.07) is 6.09. The van der Waals surface area contributed by atoms with Crippen LogP contribution in [0, 0.1) is 5.92 Å². The first kappa shape index (κ1) is 25.7. The third kappa shape index (κ3) is 5.51. The van der Waals surface area contributed by atoms with Gasteiger partial charge in [-0.3, -0.25) is 14.4 Å². The molecule has 0 spiro atoms. The zero-order chi connectivity index (χ0) is 26.3. The van der Waals surface area contributed by atoms with Crippen molar-refractivity contribution in [2.45, 2.75) is 44.3 Å². The van der Waals surface area contributed by atoms with Crippen molar-refractivity contribution in [1.82, 2.24) is 25.4 Å². The lowest BCUT2D eigenvalue weighted by Gasteiger charge is -2.37. The Labute approximate surface area is 224 Å². The van der Waals surface area contributed by atoms with Crippen molar-refractivity contribution in [3.63, 3.8) is 0 Å². The number of benzene rings is 1. The van der Waals surface area contributed by atoms with E-state index in [4.69, 9.17) is 16.0 Å². The molecule has 196 valence electrons. The lowest BCUT2D eigenvalue weighted by molar-refractivity contribution is -0.134. The molecule has 0 saturated heterocycles. The molecule has 11 heteroatoms. The molecule has 1 aliphatic carbocycles. The Bertz CT molecular complexity index is 1350. The standard InChI is InChI=1S/C26H30ClN5O4S/c1-31(2)26(35)15-5-7-17(28-23(33)21-11-14-4-6-16(27)12-20(14)36-21)19(10-15)29-24(34)25-30-18-8-9-32(3)13-22(18)37-25/h4,6,11-12,15,17,19H,5,7-10,13H2,1-3H3,(H,28,33)(H,29,34)/t15-,17-,19+/m0/s1. The summed E-state index contributed by atoms with van der Waals surface area (Å²) in [7, 11) is 5.51. The van der Waals surface area contributed by atoms with E-state index in [2.05, 4.69) is 27.6 Å². The summed E-state index contributed by atoms with van der Waals surface area (Å²) in [5.74, 6) is -0.694. The van der Waals surface area contributed by atoms with Gasteiger partial charge >= 0.3 is 0 Å². The smallest absolute Gasteiger partial charge is 0.287 e. The Kier molecular flexibility index (Phi) is 7.24. The van der Waals surface area contributed by atoms with Crippen molar-refractivity contribution in [3.8, 4) is 0 Å². The zero-order valence-electron chi connectivity index (χ0n) is 21.0. The highest BCUT2D eigenvalue weighted by atomic mass is 35.5. The Hall–Kier alpha value is -2.95. The van der Waals surface area contributed by atoms with E-state index in [-0.39, 0.29) is 35.4 Å². The second-order valence-electron chi connectivity index (χ2n) is 10.1. The number of thiazole rings is 1. The number of rotatable bonds is 5. The summed E-state index contributed by atoms with van der Waals surface area (Å²) in [4.78, 5) is 48.6. The van der Waals surface area contributed by atoms with Crippen LogP contribution in [0.3, 0.4) is 0 Å². The molecule has 0 unspecified atom stereocenters. The number of likely N-dealkylation sites (N-methyl/N-ethyl adjacent to an activating group) is 1. The number of nitrogens with zero attached hydrogens (tertiary/aromatic N) is 3. The van der Waals surface area contributed by atoms with E-state index < -0.39 is 6.04 Å². The molecular weight excluding hydrogens is 514 g/mol. The van der Waals surface area contributed by atoms with E-state index in [1.54, 1.807) is 43.3 Å². The molecule has 2 aromatic heterocycles. The van der Waals surface area contributed by atoms with Crippen LogP contribution in [-0.4, -0.2) is 72.3 Å². The first-order chi connectivity index (χ1) is 17.7. The maximum Gasteiger partial charge on any atom is 0.287 e. The average molecular weight is 544 g/mol. The predicted octanol–water partition coefficient (Wildman–Crippen LogP) is 3.32. The Balaban J connectivity index is 1.34. The largest absolute Gasteiger partial charge is 0.451 e. The van der Waals surface area contributed by atoms with E-state index in [0.717, 1.165) is 35.5 Å². The molecule has 3 aromatic rings. The number of amides is 3. The molecule has 1 aromatic carbocycles. The quantitative estimate of drug-likeness (QED) is 0.511. The monoisotopic (exact) mass is 543 g/mol. The summed E-state index contributed by atoms with van der Waals surface area (Å²) < 4.78 is 5.73. The number of carbonyl (C=O) groups excluding carboxylic acids is 3. The SMILES string of the molecule is CN1CCc2nc(C(=O)N[C@@H]3C[C@@H](C(=O)N(C)C)CC[C@@H]3NC(=O)c3cc4ccc(Cl)cc4o3)sc2C1. The fraction of sp³-hybridized carbons (Fsp3) is 0.462. The van der Waals surface area contributed by atoms with Crippen LogP contribution < -0.4 is 10.6 Å². The number of nitrogens with one attached hydrogen (secondary N) is 2. The first-order valence-electron chi connectivity index (χ1n) is 12.4. The van der Waals surface area contributed by atoms with Crippen LogP contribution in [0.15, 0.2) is 28.7 Å². The van der Waals surface area contributed by atoms with Crippen LogP contribution in [0.1, 0.15) is 50.2 Å². The molecule has 9 nitrogen and oxygen atoms in total. The summed E-state index contributed by atoms with van der Waals surface area (Å²) in [5, 5.41) is 7.83. The number of halogens is 1. The molecule has 37 heavy (non-hydrogen) atoms. The van der Waals surface area contributed by atoms with Gasteiger partial charge in [0.1, 0.15) is 5.58 Å². The molecule has 0 bridgehead atoms. The molecular formula is C26H30ClN5O4S.